The first-order valence-corrected chi connectivity index (χ1v) is 7.08. The van der Waals surface area contributed by atoms with E-state index < -0.39 is 0 Å². The molecule has 2 heterocycles. The topological polar surface area (TPSA) is 21.3 Å². The predicted molar refractivity (Wildman–Crippen MR) is 74.0 cm³/mol. The Kier molecular flexibility index (Phi) is 3.16. The standard InChI is InChI=1S/C16H23NO/c1-12-5-6-13(2)15(8-12)16(10-18-11-16)14-4-3-7-17-9-14/h5-6,8,14,17H,3-4,7,9-11H2,1-2H3. The first kappa shape index (κ1) is 12.2. The van der Waals surface area contributed by atoms with E-state index in [9.17, 15) is 0 Å². The van der Waals surface area contributed by atoms with Crippen LogP contribution in [0.4, 0.5) is 0 Å². The van der Waals surface area contributed by atoms with Crippen molar-refractivity contribution in [1.29, 1.82) is 0 Å². The van der Waals surface area contributed by atoms with Crippen LogP contribution >= 0.6 is 0 Å². The van der Waals surface area contributed by atoms with E-state index in [0.717, 1.165) is 25.7 Å². The van der Waals surface area contributed by atoms with Gasteiger partial charge >= 0.3 is 0 Å². The van der Waals surface area contributed by atoms with Crippen LogP contribution in [0.25, 0.3) is 0 Å². The lowest BCUT2D eigenvalue weighted by atomic mass is 9.65. The summed E-state index contributed by atoms with van der Waals surface area (Å²) in [7, 11) is 0. The third-order valence-corrected chi connectivity index (χ3v) is 4.73. The Morgan fingerprint density at radius 3 is 2.72 bits per heavy atom. The lowest BCUT2D eigenvalue weighted by molar-refractivity contribution is -0.0950. The SMILES string of the molecule is Cc1ccc(C)c(C2(C3CCCNC3)COC2)c1. The zero-order chi connectivity index (χ0) is 12.6. The number of benzene rings is 1. The number of nitrogens with one attached hydrogen (secondary N) is 1. The van der Waals surface area contributed by atoms with Gasteiger partial charge in [0.25, 0.3) is 0 Å². The molecule has 1 N–H and O–H groups in total. The van der Waals surface area contributed by atoms with Crippen LogP contribution in [-0.2, 0) is 10.2 Å². The molecular weight excluding hydrogens is 222 g/mol. The Morgan fingerprint density at radius 2 is 2.11 bits per heavy atom. The molecule has 2 nitrogen and oxygen atoms in total. The van der Waals surface area contributed by atoms with Gasteiger partial charge in [0, 0.05) is 5.41 Å². The summed E-state index contributed by atoms with van der Waals surface area (Å²) in [4.78, 5) is 0. The number of hydrogen-bond donors (Lipinski definition) is 1. The van der Waals surface area contributed by atoms with E-state index in [1.165, 1.54) is 36.1 Å². The van der Waals surface area contributed by atoms with E-state index in [2.05, 4.69) is 37.4 Å². The molecule has 1 atom stereocenters. The Hall–Kier alpha value is -0.860. The van der Waals surface area contributed by atoms with Crippen molar-refractivity contribution in [3.63, 3.8) is 0 Å². The van der Waals surface area contributed by atoms with Crippen LogP contribution in [0.15, 0.2) is 18.2 Å². The summed E-state index contributed by atoms with van der Waals surface area (Å²) in [6.07, 6.45) is 2.64. The van der Waals surface area contributed by atoms with Crippen LogP contribution in [0.1, 0.15) is 29.5 Å². The predicted octanol–water partition coefficient (Wildman–Crippen LogP) is 2.57. The molecule has 1 aromatic rings. The van der Waals surface area contributed by atoms with E-state index in [1.54, 1.807) is 0 Å². The van der Waals surface area contributed by atoms with Gasteiger partial charge in [-0.25, -0.2) is 0 Å². The fourth-order valence-electron chi connectivity index (χ4n) is 3.53. The first-order chi connectivity index (χ1) is 8.72. The molecule has 0 spiro atoms. The normalized spacial score (nSPS) is 26.7. The maximum atomic E-state index is 5.61. The second-order valence-electron chi connectivity index (χ2n) is 6.01. The van der Waals surface area contributed by atoms with Crippen LogP contribution in [-0.4, -0.2) is 26.3 Å². The Labute approximate surface area is 110 Å². The molecule has 2 heteroatoms. The van der Waals surface area contributed by atoms with E-state index in [-0.39, 0.29) is 5.41 Å². The quantitative estimate of drug-likeness (QED) is 0.864. The maximum absolute atomic E-state index is 5.61. The smallest absolute Gasteiger partial charge is 0.0588 e. The minimum absolute atomic E-state index is 0.281. The van der Waals surface area contributed by atoms with Crippen molar-refractivity contribution in [2.24, 2.45) is 5.92 Å². The Morgan fingerprint density at radius 1 is 1.28 bits per heavy atom. The van der Waals surface area contributed by atoms with Crippen molar-refractivity contribution < 1.29 is 4.74 Å². The Balaban J connectivity index is 1.97. The van der Waals surface area contributed by atoms with Crippen LogP contribution in [0.3, 0.4) is 0 Å². The van der Waals surface area contributed by atoms with Gasteiger partial charge in [-0.3, -0.25) is 0 Å². The molecule has 0 saturated carbocycles. The number of piperidine rings is 1. The zero-order valence-corrected chi connectivity index (χ0v) is 11.5. The van der Waals surface area contributed by atoms with Crippen LogP contribution in [0.5, 0.6) is 0 Å². The Bertz CT molecular complexity index is 431. The highest BCUT2D eigenvalue weighted by Gasteiger charge is 2.47. The molecule has 2 aliphatic heterocycles. The van der Waals surface area contributed by atoms with E-state index in [0.29, 0.717) is 0 Å². The van der Waals surface area contributed by atoms with Crippen molar-refractivity contribution >= 4 is 0 Å². The summed E-state index contributed by atoms with van der Waals surface area (Å²) in [5.74, 6) is 0.737. The third kappa shape index (κ3) is 1.88. The minimum Gasteiger partial charge on any atom is -0.379 e. The molecule has 98 valence electrons. The molecule has 0 aliphatic carbocycles. The average molecular weight is 245 g/mol. The van der Waals surface area contributed by atoms with Gasteiger partial charge in [-0.05, 0) is 56.8 Å². The van der Waals surface area contributed by atoms with E-state index >= 15 is 0 Å². The second-order valence-corrected chi connectivity index (χ2v) is 6.01. The van der Waals surface area contributed by atoms with Crippen molar-refractivity contribution in [1.82, 2.24) is 5.32 Å². The molecule has 2 fully saturated rings. The highest BCUT2D eigenvalue weighted by atomic mass is 16.5. The number of hydrogen-bond acceptors (Lipinski definition) is 2. The lowest BCUT2D eigenvalue weighted by Gasteiger charge is -2.50. The van der Waals surface area contributed by atoms with Crippen molar-refractivity contribution in [2.75, 3.05) is 26.3 Å². The van der Waals surface area contributed by atoms with Crippen molar-refractivity contribution in [3.05, 3.63) is 34.9 Å². The van der Waals surface area contributed by atoms with Gasteiger partial charge in [-0.2, -0.15) is 0 Å². The fourth-order valence-corrected chi connectivity index (χ4v) is 3.53. The van der Waals surface area contributed by atoms with Gasteiger partial charge in [0.2, 0.25) is 0 Å². The molecule has 3 rings (SSSR count). The molecule has 18 heavy (non-hydrogen) atoms. The molecule has 0 radical (unpaired) electrons. The summed E-state index contributed by atoms with van der Waals surface area (Å²) in [5.41, 5.74) is 4.60. The van der Waals surface area contributed by atoms with Gasteiger partial charge in [-0.1, -0.05) is 23.8 Å². The molecule has 0 aromatic heterocycles. The van der Waals surface area contributed by atoms with Crippen LogP contribution in [0.2, 0.25) is 0 Å². The number of aryl methyl sites for hydroxylation is 2. The average Bonchev–Trinajstić information content (AvgIpc) is 2.34. The largest absolute Gasteiger partial charge is 0.379 e. The molecule has 0 amide bonds. The zero-order valence-electron chi connectivity index (χ0n) is 11.5. The van der Waals surface area contributed by atoms with E-state index in [4.69, 9.17) is 4.74 Å². The molecular formula is C16H23NO. The number of rotatable bonds is 2. The minimum atomic E-state index is 0.281. The van der Waals surface area contributed by atoms with E-state index in [1.807, 2.05) is 0 Å². The van der Waals surface area contributed by atoms with Gasteiger partial charge in [0.15, 0.2) is 0 Å². The highest BCUT2D eigenvalue weighted by molar-refractivity contribution is 5.39. The molecule has 2 saturated heterocycles. The highest BCUT2D eigenvalue weighted by Crippen LogP contribution is 2.43. The van der Waals surface area contributed by atoms with Gasteiger partial charge in [0.1, 0.15) is 0 Å². The van der Waals surface area contributed by atoms with Gasteiger partial charge < -0.3 is 10.1 Å². The summed E-state index contributed by atoms with van der Waals surface area (Å²) < 4.78 is 5.61. The fraction of sp³-hybridized carbons (Fsp3) is 0.625. The van der Waals surface area contributed by atoms with Crippen LogP contribution < -0.4 is 5.32 Å². The summed E-state index contributed by atoms with van der Waals surface area (Å²) >= 11 is 0. The lowest BCUT2D eigenvalue weighted by Crippen LogP contribution is -2.56. The monoisotopic (exact) mass is 245 g/mol. The van der Waals surface area contributed by atoms with Gasteiger partial charge in [0.05, 0.1) is 13.2 Å². The first-order valence-electron chi connectivity index (χ1n) is 7.08. The molecule has 1 aromatic carbocycles. The molecule has 2 aliphatic rings. The third-order valence-electron chi connectivity index (χ3n) is 4.73. The van der Waals surface area contributed by atoms with Crippen LogP contribution in [0, 0.1) is 19.8 Å². The van der Waals surface area contributed by atoms with Crippen molar-refractivity contribution in [3.8, 4) is 0 Å². The summed E-state index contributed by atoms with van der Waals surface area (Å²) in [6, 6.07) is 6.86. The second kappa shape index (κ2) is 4.67. The summed E-state index contributed by atoms with van der Waals surface area (Å²) in [6.45, 7) is 8.57. The van der Waals surface area contributed by atoms with Crippen molar-refractivity contribution in [2.45, 2.75) is 32.1 Å². The van der Waals surface area contributed by atoms with Gasteiger partial charge in [-0.15, -0.1) is 0 Å². The number of ether oxygens (including phenoxy) is 1. The molecule has 1 unspecified atom stereocenters. The molecule has 0 bridgehead atoms. The maximum Gasteiger partial charge on any atom is 0.0588 e. The summed E-state index contributed by atoms with van der Waals surface area (Å²) in [5, 5.41) is 3.56.